The third kappa shape index (κ3) is 2.89. The second kappa shape index (κ2) is 3.94. The van der Waals surface area contributed by atoms with Crippen molar-refractivity contribution in [3.63, 3.8) is 0 Å². The summed E-state index contributed by atoms with van der Waals surface area (Å²) in [5.74, 6) is 0.577. The van der Waals surface area contributed by atoms with Crippen molar-refractivity contribution in [3.8, 4) is 0 Å². The van der Waals surface area contributed by atoms with E-state index in [4.69, 9.17) is 0 Å². The molecule has 2 atom stereocenters. The highest BCUT2D eigenvalue weighted by Gasteiger charge is 2.14. The van der Waals surface area contributed by atoms with Gasteiger partial charge in [0.05, 0.1) is 0 Å². The molecule has 0 N–H and O–H groups in total. The smallest absolute Gasteiger partial charge is 0.188 e. The van der Waals surface area contributed by atoms with Crippen molar-refractivity contribution in [3.05, 3.63) is 0 Å². The summed E-state index contributed by atoms with van der Waals surface area (Å²) >= 11 is 3.75. The lowest BCUT2D eigenvalue weighted by atomic mass is 9.95. The second-order valence-electron chi connectivity index (χ2n) is 2.51. The average molecular weight is 146 g/mol. The zero-order chi connectivity index (χ0) is 7.44. The Bertz CT molecular complexity index is 101. The Balaban J connectivity index is 3.72. The van der Waals surface area contributed by atoms with Crippen molar-refractivity contribution in [2.45, 2.75) is 27.2 Å². The molecule has 0 aliphatic carbocycles. The predicted octanol–water partition coefficient (Wildman–Crippen LogP) is 2.13. The van der Waals surface area contributed by atoms with Crippen LogP contribution in [0.2, 0.25) is 0 Å². The molecule has 0 radical (unpaired) electrons. The monoisotopic (exact) mass is 146 g/mol. The molecule has 0 saturated heterocycles. The molecular formula is C7H14OS. The summed E-state index contributed by atoms with van der Waals surface area (Å²) in [5.41, 5.74) is 0. The molecule has 2 heteroatoms. The van der Waals surface area contributed by atoms with Gasteiger partial charge in [-0.05, 0) is 5.92 Å². The Hall–Kier alpha value is 0.0200. The molecular weight excluding hydrogens is 132 g/mol. The number of thiol groups is 1. The van der Waals surface area contributed by atoms with Gasteiger partial charge in [-0.15, -0.1) is 12.6 Å². The predicted molar refractivity (Wildman–Crippen MR) is 42.6 cm³/mol. The Kier molecular flexibility index (Phi) is 3.95. The molecule has 9 heavy (non-hydrogen) atoms. The van der Waals surface area contributed by atoms with Crippen LogP contribution in [0.15, 0.2) is 0 Å². The van der Waals surface area contributed by atoms with E-state index in [0.29, 0.717) is 5.92 Å². The van der Waals surface area contributed by atoms with Crippen LogP contribution in [0, 0.1) is 11.8 Å². The first-order valence-electron chi connectivity index (χ1n) is 3.32. The molecule has 0 aromatic heterocycles. The molecule has 0 aromatic carbocycles. The van der Waals surface area contributed by atoms with Gasteiger partial charge in [0, 0.05) is 5.92 Å². The van der Waals surface area contributed by atoms with Crippen LogP contribution in [-0.2, 0) is 4.79 Å². The molecule has 0 bridgehead atoms. The maximum atomic E-state index is 10.6. The lowest BCUT2D eigenvalue weighted by Crippen LogP contribution is -2.13. The number of hydrogen-bond donors (Lipinski definition) is 1. The van der Waals surface area contributed by atoms with Gasteiger partial charge in [-0.3, -0.25) is 4.79 Å². The van der Waals surface area contributed by atoms with E-state index in [0.717, 1.165) is 6.42 Å². The summed E-state index contributed by atoms with van der Waals surface area (Å²) < 4.78 is 0. The zero-order valence-corrected chi connectivity index (χ0v) is 7.11. The van der Waals surface area contributed by atoms with Crippen molar-refractivity contribution in [1.82, 2.24) is 0 Å². The zero-order valence-electron chi connectivity index (χ0n) is 6.22. The fourth-order valence-corrected chi connectivity index (χ4v) is 0.851. The molecule has 0 fully saturated rings. The standard InChI is InChI=1S/C7H14OS/c1-4-5(2)6(3)7(8)9/h5-6H,4H2,1-3H3,(H,8,9). The number of rotatable bonds is 3. The van der Waals surface area contributed by atoms with E-state index in [-0.39, 0.29) is 11.0 Å². The fourth-order valence-electron chi connectivity index (χ4n) is 0.597. The van der Waals surface area contributed by atoms with Crippen LogP contribution < -0.4 is 0 Å². The van der Waals surface area contributed by atoms with Crippen LogP contribution in [0.4, 0.5) is 0 Å². The third-order valence-electron chi connectivity index (χ3n) is 1.89. The van der Waals surface area contributed by atoms with E-state index < -0.39 is 0 Å². The average Bonchev–Trinajstić information content (AvgIpc) is 1.84. The largest absolute Gasteiger partial charge is 0.287 e. The van der Waals surface area contributed by atoms with Crippen molar-refractivity contribution in [2.24, 2.45) is 11.8 Å². The molecule has 0 rings (SSSR count). The van der Waals surface area contributed by atoms with Crippen LogP contribution in [-0.4, -0.2) is 5.12 Å². The molecule has 2 unspecified atom stereocenters. The molecule has 0 spiro atoms. The molecule has 0 saturated carbocycles. The van der Waals surface area contributed by atoms with Crippen LogP contribution in [0.3, 0.4) is 0 Å². The minimum absolute atomic E-state index is 0.00403. The number of carbonyl (C=O) groups is 1. The Morgan fingerprint density at radius 3 is 2.11 bits per heavy atom. The summed E-state index contributed by atoms with van der Waals surface area (Å²) in [6, 6.07) is 0. The van der Waals surface area contributed by atoms with Gasteiger partial charge in [0.1, 0.15) is 0 Å². The Morgan fingerprint density at radius 1 is 1.56 bits per heavy atom. The molecule has 0 heterocycles. The van der Waals surface area contributed by atoms with E-state index in [2.05, 4.69) is 26.5 Å². The molecule has 0 aliphatic rings. The highest BCUT2D eigenvalue weighted by atomic mass is 32.1. The quantitative estimate of drug-likeness (QED) is 0.603. The van der Waals surface area contributed by atoms with Crippen molar-refractivity contribution < 1.29 is 4.79 Å². The van der Waals surface area contributed by atoms with E-state index in [1.54, 1.807) is 0 Å². The maximum Gasteiger partial charge on any atom is 0.188 e. The van der Waals surface area contributed by atoms with E-state index in [9.17, 15) is 4.79 Å². The van der Waals surface area contributed by atoms with E-state index >= 15 is 0 Å². The highest BCUT2D eigenvalue weighted by molar-refractivity contribution is 7.96. The van der Waals surface area contributed by atoms with Crippen LogP contribution in [0.25, 0.3) is 0 Å². The third-order valence-corrected chi connectivity index (χ3v) is 2.29. The molecule has 0 aliphatic heterocycles. The summed E-state index contributed by atoms with van der Waals surface area (Å²) in [5, 5.41) is 0.00403. The van der Waals surface area contributed by atoms with Gasteiger partial charge < -0.3 is 0 Å². The highest BCUT2D eigenvalue weighted by Crippen LogP contribution is 2.16. The number of carbonyl (C=O) groups excluding carboxylic acids is 1. The summed E-state index contributed by atoms with van der Waals surface area (Å²) in [6.45, 7) is 6.07. The SMILES string of the molecule is CCC(C)C(C)C(=O)S. The second-order valence-corrected chi connectivity index (χ2v) is 2.95. The Morgan fingerprint density at radius 2 is 2.00 bits per heavy atom. The van der Waals surface area contributed by atoms with Crippen LogP contribution >= 0.6 is 12.6 Å². The number of hydrogen-bond acceptors (Lipinski definition) is 1. The lowest BCUT2D eigenvalue weighted by molar-refractivity contribution is -0.115. The first-order valence-corrected chi connectivity index (χ1v) is 3.77. The van der Waals surface area contributed by atoms with Gasteiger partial charge in [0.25, 0.3) is 0 Å². The van der Waals surface area contributed by atoms with Crippen molar-refractivity contribution in [2.75, 3.05) is 0 Å². The normalized spacial score (nSPS) is 16.9. The van der Waals surface area contributed by atoms with Gasteiger partial charge in [-0.1, -0.05) is 27.2 Å². The molecule has 54 valence electrons. The van der Waals surface area contributed by atoms with Gasteiger partial charge in [-0.2, -0.15) is 0 Å². The minimum atomic E-state index is 0.00403. The summed E-state index contributed by atoms with van der Waals surface area (Å²) in [7, 11) is 0. The van der Waals surface area contributed by atoms with Crippen LogP contribution in [0.5, 0.6) is 0 Å². The molecule has 1 nitrogen and oxygen atoms in total. The van der Waals surface area contributed by atoms with Gasteiger partial charge >= 0.3 is 0 Å². The van der Waals surface area contributed by atoms with E-state index in [1.807, 2.05) is 6.92 Å². The lowest BCUT2D eigenvalue weighted by Gasteiger charge is -2.12. The summed E-state index contributed by atoms with van der Waals surface area (Å²) in [4.78, 5) is 10.6. The topological polar surface area (TPSA) is 17.1 Å². The molecule has 0 amide bonds. The van der Waals surface area contributed by atoms with Gasteiger partial charge in [0.2, 0.25) is 0 Å². The fraction of sp³-hybridized carbons (Fsp3) is 0.857. The first kappa shape index (κ1) is 9.02. The first-order chi connectivity index (χ1) is 4.09. The van der Waals surface area contributed by atoms with Crippen LogP contribution in [0.1, 0.15) is 27.2 Å². The van der Waals surface area contributed by atoms with Crippen molar-refractivity contribution >= 4 is 17.7 Å². The summed E-state index contributed by atoms with van der Waals surface area (Å²) in [6.07, 6.45) is 1.05. The maximum absolute atomic E-state index is 10.6. The van der Waals surface area contributed by atoms with Crippen molar-refractivity contribution in [1.29, 1.82) is 0 Å². The minimum Gasteiger partial charge on any atom is -0.287 e. The van der Waals surface area contributed by atoms with E-state index in [1.165, 1.54) is 0 Å². The van der Waals surface area contributed by atoms with Gasteiger partial charge in [0.15, 0.2) is 5.12 Å². The van der Waals surface area contributed by atoms with Gasteiger partial charge in [-0.25, -0.2) is 0 Å². The Labute approximate surface area is 62.2 Å². The molecule has 0 aromatic rings.